The van der Waals surface area contributed by atoms with Crippen molar-refractivity contribution in [3.63, 3.8) is 0 Å². The van der Waals surface area contributed by atoms with Crippen molar-refractivity contribution in [2.45, 2.75) is 33.1 Å². The van der Waals surface area contributed by atoms with Gasteiger partial charge in [0.1, 0.15) is 5.82 Å². The van der Waals surface area contributed by atoms with Gasteiger partial charge in [0.05, 0.1) is 7.11 Å². The minimum Gasteiger partial charge on any atom is -0.481 e. The van der Waals surface area contributed by atoms with Crippen LogP contribution in [0.15, 0.2) is 24.4 Å². The maximum Gasteiger partial charge on any atom is 0.213 e. The van der Waals surface area contributed by atoms with Crippen molar-refractivity contribution in [3.8, 4) is 17.0 Å². The smallest absolute Gasteiger partial charge is 0.213 e. The van der Waals surface area contributed by atoms with Crippen molar-refractivity contribution in [1.29, 1.82) is 0 Å². The molecule has 0 spiro atoms. The summed E-state index contributed by atoms with van der Waals surface area (Å²) in [4.78, 5) is 4.05. The van der Waals surface area contributed by atoms with Crippen molar-refractivity contribution >= 4 is 5.69 Å². The lowest BCUT2D eigenvalue weighted by Gasteiger charge is -2.12. The normalized spacial score (nSPS) is 12.4. The largest absolute Gasteiger partial charge is 0.481 e. The van der Waals surface area contributed by atoms with Gasteiger partial charge in [-0.05, 0) is 48.1 Å². The second-order valence-electron chi connectivity index (χ2n) is 4.72. The average Bonchev–Trinajstić information content (AvgIpc) is 3.03. The molecule has 0 aliphatic heterocycles. The summed E-state index contributed by atoms with van der Waals surface area (Å²) < 4.78 is 19.2. The number of benzene rings is 1. The molecule has 3 rings (SSSR count). The van der Waals surface area contributed by atoms with Gasteiger partial charge in [0, 0.05) is 23.5 Å². The van der Waals surface area contributed by atoms with E-state index in [0.717, 1.165) is 41.5 Å². The first-order valence-electron chi connectivity index (χ1n) is 7.31. The van der Waals surface area contributed by atoms with Crippen LogP contribution in [0.3, 0.4) is 0 Å². The molecule has 1 aliphatic rings. The van der Waals surface area contributed by atoms with E-state index in [1.165, 1.54) is 6.07 Å². The topological polar surface area (TPSA) is 48.1 Å². The van der Waals surface area contributed by atoms with E-state index in [-0.39, 0.29) is 5.82 Å². The predicted molar refractivity (Wildman–Crippen MR) is 84.0 cm³/mol. The molecule has 0 amide bonds. The van der Waals surface area contributed by atoms with Crippen LogP contribution in [-0.2, 0) is 12.8 Å². The Morgan fingerprint density at radius 3 is 2.62 bits per heavy atom. The zero-order chi connectivity index (χ0) is 15.4. The van der Waals surface area contributed by atoms with Gasteiger partial charge in [0.15, 0.2) is 0 Å². The minimum atomic E-state index is -0.160. The molecule has 1 aromatic carbocycles. The Kier molecular flexibility index (Phi) is 4.78. The van der Waals surface area contributed by atoms with Crippen LogP contribution in [-0.4, -0.2) is 12.1 Å². The molecular weight excluding hydrogens is 267 g/mol. The Bertz CT molecular complexity index is 641. The Balaban J connectivity index is 0.000000774. The van der Waals surface area contributed by atoms with Crippen molar-refractivity contribution in [3.05, 3.63) is 41.3 Å². The molecule has 112 valence electrons. The molecule has 0 saturated heterocycles. The quantitative estimate of drug-likeness (QED) is 0.850. The van der Waals surface area contributed by atoms with Crippen LogP contribution in [0.2, 0.25) is 0 Å². The SMILES string of the molecule is CC.COc1cc(-c2cc(F)c3c(c2N)CCC3)ccn1. The third kappa shape index (κ3) is 2.84. The number of nitrogens with zero attached hydrogens (tertiary/aromatic N) is 1. The number of pyridine rings is 1. The van der Waals surface area contributed by atoms with E-state index < -0.39 is 0 Å². The van der Waals surface area contributed by atoms with Crippen LogP contribution in [0.5, 0.6) is 5.88 Å². The van der Waals surface area contributed by atoms with Gasteiger partial charge < -0.3 is 10.5 Å². The van der Waals surface area contributed by atoms with E-state index in [2.05, 4.69) is 4.98 Å². The average molecular weight is 288 g/mol. The van der Waals surface area contributed by atoms with Crippen molar-refractivity contribution < 1.29 is 9.13 Å². The lowest BCUT2D eigenvalue weighted by molar-refractivity contribution is 0.398. The fraction of sp³-hybridized carbons (Fsp3) is 0.353. The molecule has 2 N–H and O–H groups in total. The van der Waals surface area contributed by atoms with Crippen LogP contribution in [0.4, 0.5) is 10.1 Å². The lowest BCUT2D eigenvalue weighted by Crippen LogP contribution is -2.00. The second kappa shape index (κ2) is 6.57. The summed E-state index contributed by atoms with van der Waals surface area (Å²) in [7, 11) is 1.55. The first-order chi connectivity index (χ1) is 10.2. The molecule has 3 nitrogen and oxygen atoms in total. The molecule has 1 aliphatic carbocycles. The Hall–Kier alpha value is -2.10. The standard InChI is InChI=1S/C15H15FN2O.C2H6/c1-19-14-7-9(5-6-18-14)12-8-13(16)10-3-2-4-11(10)15(12)17;1-2/h5-8H,2-4,17H2,1H3;1-2H3. The van der Waals surface area contributed by atoms with Crippen LogP contribution in [0.1, 0.15) is 31.4 Å². The first-order valence-corrected chi connectivity index (χ1v) is 7.31. The van der Waals surface area contributed by atoms with E-state index in [9.17, 15) is 4.39 Å². The number of rotatable bonds is 2. The van der Waals surface area contributed by atoms with E-state index in [0.29, 0.717) is 11.6 Å². The van der Waals surface area contributed by atoms with Gasteiger partial charge in [0.25, 0.3) is 0 Å². The zero-order valence-corrected chi connectivity index (χ0v) is 12.7. The number of fused-ring (bicyclic) bond motifs is 1. The fourth-order valence-corrected chi connectivity index (χ4v) is 2.69. The highest BCUT2D eigenvalue weighted by atomic mass is 19.1. The molecule has 0 bridgehead atoms. The molecule has 21 heavy (non-hydrogen) atoms. The summed E-state index contributed by atoms with van der Waals surface area (Å²) in [6.45, 7) is 4.00. The number of anilines is 1. The second-order valence-corrected chi connectivity index (χ2v) is 4.72. The number of hydrogen-bond acceptors (Lipinski definition) is 3. The van der Waals surface area contributed by atoms with Gasteiger partial charge >= 0.3 is 0 Å². The van der Waals surface area contributed by atoms with Gasteiger partial charge in [0.2, 0.25) is 5.88 Å². The van der Waals surface area contributed by atoms with Crippen molar-refractivity contribution in [1.82, 2.24) is 4.98 Å². The van der Waals surface area contributed by atoms with Crippen LogP contribution in [0.25, 0.3) is 11.1 Å². The summed E-state index contributed by atoms with van der Waals surface area (Å²) in [6, 6.07) is 5.11. The summed E-state index contributed by atoms with van der Waals surface area (Å²) >= 11 is 0. The molecule has 4 heteroatoms. The molecule has 0 radical (unpaired) electrons. The van der Waals surface area contributed by atoms with Gasteiger partial charge in [-0.15, -0.1) is 0 Å². The molecule has 1 aromatic heterocycles. The summed E-state index contributed by atoms with van der Waals surface area (Å²) in [5.41, 5.74) is 10.2. The number of ether oxygens (including phenoxy) is 1. The summed E-state index contributed by atoms with van der Waals surface area (Å²) in [6.07, 6.45) is 4.25. The number of nitrogen functional groups attached to an aromatic ring is 1. The molecular formula is C17H21FN2O. The highest BCUT2D eigenvalue weighted by Crippen LogP contribution is 2.37. The minimum absolute atomic E-state index is 0.160. The monoisotopic (exact) mass is 288 g/mol. The summed E-state index contributed by atoms with van der Waals surface area (Å²) in [5, 5.41) is 0. The Morgan fingerprint density at radius 1 is 1.19 bits per heavy atom. The number of methoxy groups -OCH3 is 1. The molecule has 2 aromatic rings. The number of aromatic nitrogens is 1. The number of nitrogens with two attached hydrogens (primary N) is 1. The molecule has 0 fully saturated rings. The molecule has 1 heterocycles. The summed E-state index contributed by atoms with van der Waals surface area (Å²) in [5.74, 6) is 0.338. The predicted octanol–water partition coefficient (Wildman–Crippen LogP) is 3.99. The van der Waals surface area contributed by atoms with E-state index in [1.54, 1.807) is 19.4 Å². The third-order valence-corrected chi connectivity index (χ3v) is 3.65. The Morgan fingerprint density at radius 2 is 1.90 bits per heavy atom. The lowest BCUT2D eigenvalue weighted by atomic mass is 9.98. The van der Waals surface area contributed by atoms with E-state index in [1.807, 2.05) is 19.9 Å². The third-order valence-electron chi connectivity index (χ3n) is 3.65. The first kappa shape index (κ1) is 15.3. The van der Waals surface area contributed by atoms with Crippen LogP contribution < -0.4 is 10.5 Å². The highest BCUT2D eigenvalue weighted by molar-refractivity contribution is 5.80. The van der Waals surface area contributed by atoms with E-state index in [4.69, 9.17) is 10.5 Å². The zero-order valence-electron chi connectivity index (χ0n) is 12.7. The maximum atomic E-state index is 14.1. The van der Waals surface area contributed by atoms with Gasteiger partial charge in [-0.25, -0.2) is 9.37 Å². The van der Waals surface area contributed by atoms with Gasteiger partial charge in [-0.1, -0.05) is 13.8 Å². The number of hydrogen-bond donors (Lipinski definition) is 1. The molecule has 0 saturated carbocycles. The fourth-order valence-electron chi connectivity index (χ4n) is 2.69. The maximum absolute atomic E-state index is 14.1. The van der Waals surface area contributed by atoms with Crippen molar-refractivity contribution in [2.75, 3.05) is 12.8 Å². The number of halogens is 1. The Labute approximate surface area is 125 Å². The molecule has 0 atom stereocenters. The van der Waals surface area contributed by atoms with Crippen molar-refractivity contribution in [2.24, 2.45) is 0 Å². The van der Waals surface area contributed by atoms with E-state index >= 15 is 0 Å². The highest BCUT2D eigenvalue weighted by Gasteiger charge is 2.21. The van der Waals surface area contributed by atoms with Crippen LogP contribution >= 0.6 is 0 Å². The van der Waals surface area contributed by atoms with Crippen LogP contribution in [0, 0.1) is 5.82 Å². The van der Waals surface area contributed by atoms with Gasteiger partial charge in [-0.2, -0.15) is 0 Å². The molecule has 0 unspecified atom stereocenters. The van der Waals surface area contributed by atoms with Gasteiger partial charge in [-0.3, -0.25) is 0 Å².